The van der Waals surface area contributed by atoms with E-state index in [1.807, 2.05) is 0 Å². The minimum absolute atomic E-state index is 0.0971. The third-order valence-corrected chi connectivity index (χ3v) is 2.75. The molecule has 5 heteroatoms. The van der Waals surface area contributed by atoms with Crippen molar-refractivity contribution in [1.82, 2.24) is 5.32 Å². The molecule has 0 aliphatic heterocycles. The Balaban J connectivity index is 2.18. The number of hydrogen-bond donors (Lipinski definition) is 2. The van der Waals surface area contributed by atoms with Crippen LogP contribution in [0.15, 0.2) is 0 Å². The number of alkyl halides is 3. The highest BCUT2D eigenvalue weighted by Gasteiger charge is 2.41. The zero-order valence-electron chi connectivity index (χ0n) is 8.32. The summed E-state index contributed by atoms with van der Waals surface area (Å²) >= 11 is 0. The second kappa shape index (κ2) is 4.06. The van der Waals surface area contributed by atoms with Gasteiger partial charge in [-0.15, -0.1) is 0 Å². The van der Waals surface area contributed by atoms with Crippen molar-refractivity contribution in [1.29, 1.82) is 0 Å². The number of nitrogens with two attached hydrogens (primary N) is 1. The maximum atomic E-state index is 12.0. The van der Waals surface area contributed by atoms with Gasteiger partial charge in [0.15, 0.2) is 0 Å². The molecule has 0 saturated heterocycles. The lowest BCUT2D eigenvalue weighted by Crippen LogP contribution is -2.37. The predicted molar refractivity (Wildman–Crippen MR) is 48.9 cm³/mol. The summed E-state index contributed by atoms with van der Waals surface area (Å²) in [6.45, 7) is 2.74. The van der Waals surface area contributed by atoms with Crippen molar-refractivity contribution in [2.75, 3.05) is 13.1 Å². The van der Waals surface area contributed by atoms with Crippen LogP contribution >= 0.6 is 0 Å². The molecule has 0 aromatic heterocycles. The highest BCUT2D eigenvalue weighted by Crippen LogP contribution is 2.43. The summed E-state index contributed by atoms with van der Waals surface area (Å²) in [6.07, 6.45) is -2.77. The molecule has 0 spiro atoms. The minimum atomic E-state index is -4.08. The van der Waals surface area contributed by atoms with E-state index in [2.05, 4.69) is 5.32 Å². The molecule has 14 heavy (non-hydrogen) atoms. The summed E-state index contributed by atoms with van der Waals surface area (Å²) in [5.41, 5.74) is 5.62. The maximum absolute atomic E-state index is 12.0. The van der Waals surface area contributed by atoms with Crippen molar-refractivity contribution < 1.29 is 13.2 Å². The summed E-state index contributed by atoms with van der Waals surface area (Å²) in [4.78, 5) is 0. The predicted octanol–water partition coefficient (Wildman–Crippen LogP) is 1.66. The van der Waals surface area contributed by atoms with Gasteiger partial charge in [0, 0.05) is 12.6 Å². The van der Waals surface area contributed by atoms with E-state index < -0.39 is 18.6 Å². The summed E-state index contributed by atoms with van der Waals surface area (Å²) in [7, 11) is 0. The largest absolute Gasteiger partial charge is 0.390 e. The first-order valence-electron chi connectivity index (χ1n) is 4.87. The third-order valence-electron chi connectivity index (χ3n) is 2.75. The normalized spacial score (nSPS) is 22.1. The standard InChI is InChI=1S/C9H17F3N2/c1-7(4-9(10,11)12)14-6-8(5-13)2-3-8/h7,14H,2-6,13H2,1H3. The van der Waals surface area contributed by atoms with Crippen LogP contribution in [0.5, 0.6) is 0 Å². The summed E-state index contributed by atoms with van der Waals surface area (Å²) < 4.78 is 35.9. The van der Waals surface area contributed by atoms with Gasteiger partial charge in [0.2, 0.25) is 0 Å². The van der Waals surface area contributed by atoms with Crippen LogP contribution in [0.3, 0.4) is 0 Å². The fourth-order valence-electron chi connectivity index (χ4n) is 1.44. The molecule has 1 aliphatic rings. The van der Waals surface area contributed by atoms with Crippen LogP contribution in [-0.2, 0) is 0 Å². The first kappa shape index (κ1) is 11.8. The van der Waals surface area contributed by atoms with Crippen LogP contribution in [0.1, 0.15) is 26.2 Å². The molecule has 1 fully saturated rings. The lowest BCUT2D eigenvalue weighted by atomic mass is 10.1. The van der Waals surface area contributed by atoms with Gasteiger partial charge in [-0.05, 0) is 31.7 Å². The van der Waals surface area contributed by atoms with Crippen molar-refractivity contribution in [2.45, 2.75) is 38.4 Å². The monoisotopic (exact) mass is 210 g/mol. The van der Waals surface area contributed by atoms with Gasteiger partial charge < -0.3 is 11.1 Å². The topological polar surface area (TPSA) is 38.0 Å². The number of rotatable bonds is 5. The zero-order valence-corrected chi connectivity index (χ0v) is 8.32. The van der Waals surface area contributed by atoms with Crippen LogP contribution in [0.4, 0.5) is 13.2 Å². The summed E-state index contributed by atoms with van der Waals surface area (Å²) in [5, 5.41) is 2.89. The maximum Gasteiger partial charge on any atom is 0.390 e. The van der Waals surface area contributed by atoms with Crippen molar-refractivity contribution >= 4 is 0 Å². The molecule has 0 amide bonds. The van der Waals surface area contributed by atoms with Gasteiger partial charge in [0.25, 0.3) is 0 Å². The van der Waals surface area contributed by atoms with Crippen LogP contribution in [0.25, 0.3) is 0 Å². The Morgan fingerprint density at radius 3 is 2.36 bits per heavy atom. The van der Waals surface area contributed by atoms with Gasteiger partial charge in [-0.2, -0.15) is 13.2 Å². The van der Waals surface area contributed by atoms with Crippen LogP contribution in [0.2, 0.25) is 0 Å². The van der Waals surface area contributed by atoms with Gasteiger partial charge in [-0.25, -0.2) is 0 Å². The van der Waals surface area contributed by atoms with E-state index in [9.17, 15) is 13.2 Å². The Morgan fingerprint density at radius 1 is 1.43 bits per heavy atom. The van der Waals surface area contributed by atoms with E-state index in [-0.39, 0.29) is 5.41 Å². The highest BCUT2D eigenvalue weighted by atomic mass is 19.4. The fraction of sp³-hybridized carbons (Fsp3) is 1.00. The molecule has 3 N–H and O–H groups in total. The van der Waals surface area contributed by atoms with Crippen molar-refractivity contribution in [2.24, 2.45) is 11.1 Å². The molecule has 1 atom stereocenters. The second-order valence-electron chi connectivity index (χ2n) is 4.31. The van der Waals surface area contributed by atoms with Gasteiger partial charge in [0.1, 0.15) is 0 Å². The van der Waals surface area contributed by atoms with E-state index in [4.69, 9.17) is 5.73 Å². The molecule has 0 radical (unpaired) electrons. The van der Waals surface area contributed by atoms with E-state index >= 15 is 0 Å². The fourth-order valence-corrected chi connectivity index (χ4v) is 1.44. The molecule has 0 aromatic rings. The first-order chi connectivity index (χ1) is 6.37. The van der Waals surface area contributed by atoms with Gasteiger partial charge >= 0.3 is 6.18 Å². The molecule has 1 saturated carbocycles. The molecule has 1 rings (SSSR count). The highest BCUT2D eigenvalue weighted by molar-refractivity contribution is 4.96. The van der Waals surface area contributed by atoms with E-state index in [0.29, 0.717) is 13.1 Å². The molecule has 1 unspecified atom stereocenters. The number of hydrogen-bond acceptors (Lipinski definition) is 2. The molecule has 1 aliphatic carbocycles. The Kier molecular flexibility index (Phi) is 3.42. The SMILES string of the molecule is CC(CC(F)(F)F)NCC1(CN)CC1. The lowest BCUT2D eigenvalue weighted by molar-refractivity contribution is -0.139. The Morgan fingerprint density at radius 2 is 2.00 bits per heavy atom. The number of nitrogens with one attached hydrogen (secondary N) is 1. The Hall–Kier alpha value is -0.290. The quantitative estimate of drug-likeness (QED) is 0.724. The van der Waals surface area contributed by atoms with E-state index in [1.165, 1.54) is 0 Å². The average molecular weight is 210 g/mol. The van der Waals surface area contributed by atoms with Gasteiger partial charge in [-0.3, -0.25) is 0 Å². The average Bonchev–Trinajstić information content (AvgIpc) is 2.78. The van der Waals surface area contributed by atoms with Crippen LogP contribution in [-0.4, -0.2) is 25.3 Å². The third kappa shape index (κ3) is 3.84. The Bertz CT molecular complexity index is 187. The summed E-state index contributed by atoms with van der Waals surface area (Å²) in [6, 6.07) is -0.515. The lowest BCUT2D eigenvalue weighted by Gasteiger charge is -2.19. The molecule has 84 valence electrons. The second-order valence-corrected chi connectivity index (χ2v) is 4.31. The van der Waals surface area contributed by atoms with E-state index in [1.54, 1.807) is 6.92 Å². The summed E-state index contributed by atoms with van der Waals surface area (Å²) in [5.74, 6) is 0. The molecular formula is C9H17F3N2. The zero-order chi connectivity index (χ0) is 10.8. The molecule has 0 aromatic carbocycles. The number of halogens is 3. The van der Waals surface area contributed by atoms with Crippen LogP contribution in [0, 0.1) is 5.41 Å². The molecule has 0 heterocycles. The first-order valence-corrected chi connectivity index (χ1v) is 4.87. The van der Waals surface area contributed by atoms with Crippen molar-refractivity contribution in [3.63, 3.8) is 0 Å². The van der Waals surface area contributed by atoms with Crippen molar-refractivity contribution in [3.8, 4) is 0 Å². The van der Waals surface area contributed by atoms with Crippen LogP contribution < -0.4 is 11.1 Å². The van der Waals surface area contributed by atoms with E-state index in [0.717, 1.165) is 12.8 Å². The minimum Gasteiger partial charge on any atom is -0.330 e. The van der Waals surface area contributed by atoms with Gasteiger partial charge in [0.05, 0.1) is 6.42 Å². The molecular weight excluding hydrogens is 193 g/mol. The van der Waals surface area contributed by atoms with Gasteiger partial charge in [-0.1, -0.05) is 0 Å². The van der Waals surface area contributed by atoms with Crippen molar-refractivity contribution in [3.05, 3.63) is 0 Å². The Labute approximate surface area is 82.0 Å². The molecule has 2 nitrogen and oxygen atoms in total. The molecule has 0 bridgehead atoms. The smallest absolute Gasteiger partial charge is 0.330 e.